The molecule has 1 aliphatic heterocycles. The first kappa shape index (κ1) is 15.9. The molecule has 0 atom stereocenters. The molecule has 122 valence electrons. The number of nitrogens with one attached hydrogen (secondary N) is 1. The van der Waals surface area contributed by atoms with Gasteiger partial charge in [-0.25, -0.2) is 4.98 Å². The highest BCUT2D eigenvalue weighted by atomic mass is 16.2. The van der Waals surface area contributed by atoms with Crippen molar-refractivity contribution in [2.45, 2.75) is 26.3 Å². The van der Waals surface area contributed by atoms with Crippen LogP contribution < -0.4 is 5.32 Å². The first-order chi connectivity index (χ1) is 11.5. The molecule has 6 heteroatoms. The van der Waals surface area contributed by atoms with E-state index in [2.05, 4.69) is 10.3 Å². The van der Waals surface area contributed by atoms with Crippen molar-refractivity contribution in [3.05, 3.63) is 59.4 Å². The maximum absolute atomic E-state index is 12.1. The molecule has 0 unspecified atom stereocenters. The van der Waals surface area contributed by atoms with E-state index in [1.165, 1.54) is 4.90 Å². The second-order valence-corrected chi connectivity index (χ2v) is 5.69. The number of hydrogen-bond acceptors (Lipinski definition) is 4. The molecule has 0 saturated carbocycles. The minimum atomic E-state index is -0.281. The van der Waals surface area contributed by atoms with Gasteiger partial charge < -0.3 is 5.32 Å². The topological polar surface area (TPSA) is 79.4 Å². The predicted octanol–water partition coefficient (Wildman–Crippen LogP) is 2.29. The molecule has 0 radical (unpaired) electrons. The number of aryl methyl sites for hydroxylation is 1. The summed E-state index contributed by atoms with van der Waals surface area (Å²) >= 11 is 0. The summed E-state index contributed by atoms with van der Waals surface area (Å²) in [6.45, 7) is 2.10. The van der Waals surface area contributed by atoms with Crippen molar-refractivity contribution in [3.8, 4) is 0 Å². The third kappa shape index (κ3) is 3.48. The highest BCUT2D eigenvalue weighted by molar-refractivity contribution is 6.03. The summed E-state index contributed by atoms with van der Waals surface area (Å²) in [4.78, 5) is 40.8. The molecule has 3 amide bonds. The number of nitrogens with zero attached hydrogens (tertiary/aromatic N) is 2. The zero-order valence-corrected chi connectivity index (χ0v) is 13.3. The summed E-state index contributed by atoms with van der Waals surface area (Å²) in [7, 11) is 0. The van der Waals surface area contributed by atoms with Crippen molar-refractivity contribution in [2.24, 2.45) is 0 Å². The average Bonchev–Trinajstić information content (AvgIpc) is 2.88. The van der Waals surface area contributed by atoms with Crippen LogP contribution in [0.2, 0.25) is 0 Å². The lowest BCUT2D eigenvalue weighted by Gasteiger charge is -2.14. The summed E-state index contributed by atoms with van der Waals surface area (Å²) in [5.74, 6) is -0.554. The Bertz CT molecular complexity index is 783. The molecular formula is C18H17N3O3. The molecule has 24 heavy (non-hydrogen) atoms. The van der Waals surface area contributed by atoms with Crippen molar-refractivity contribution in [1.82, 2.24) is 9.88 Å². The largest absolute Gasteiger partial charge is 0.321 e. The number of amides is 3. The molecule has 3 rings (SSSR count). The van der Waals surface area contributed by atoms with Crippen molar-refractivity contribution in [2.75, 3.05) is 5.32 Å². The summed E-state index contributed by atoms with van der Waals surface area (Å²) in [5.41, 5.74) is 2.60. The van der Waals surface area contributed by atoms with Crippen molar-refractivity contribution >= 4 is 23.4 Å². The van der Waals surface area contributed by atoms with Gasteiger partial charge in [-0.15, -0.1) is 0 Å². The van der Waals surface area contributed by atoms with Gasteiger partial charge in [0.15, 0.2) is 0 Å². The molecule has 1 fully saturated rings. The number of aromatic nitrogens is 1. The first-order valence-electron chi connectivity index (χ1n) is 7.70. The van der Waals surface area contributed by atoms with Gasteiger partial charge in [-0.05, 0) is 36.8 Å². The lowest BCUT2D eigenvalue weighted by molar-refractivity contribution is -0.139. The molecule has 1 aromatic heterocycles. The van der Waals surface area contributed by atoms with Crippen LogP contribution in [0.1, 0.15) is 34.6 Å². The minimum Gasteiger partial charge on any atom is -0.321 e. The molecule has 1 saturated heterocycles. The molecule has 1 N–H and O–H groups in total. The van der Waals surface area contributed by atoms with E-state index in [1.807, 2.05) is 13.0 Å². The minimum absolute atomic E-state index is 0.136. The molecule has 1 aliphatic rings. The van der Waals surface area contributed by atoms with Crippen LogP contribution in [-0.4, -0.2) is 27.6 Å². The van der Waals surface area contributed by atoms with Gasteiger partial charge in [0, 0.05) is 24.2 Å². The fraction of sp³-hybridized carbons (Fsp3) is 0.222. The molecule has 2 aromatic rings. The highest BCUT2D eigenvalue weighted by Crippen LogP contribution is 2.17. The Morgan fingerprint density at radius 1 is 1.08 bits per heavy atom. The number of carbonyl (C=O) groups is 3. The normalized spacial score (nSPS) is 14.1. The number of likely N-dealkylation sites (tertiary alicyclic amines) is 1. The van der Waals surface area contributed by atoms with Crippen LogP contribution in [0.4, 0.5) is 5.69 Å². The zero-order valence-electron chi connectivity index (χ0n) is 13.3. The number of imide groups is 1. The van der Waals surface area contributed by atoms with Crippen molar-refractivity contribution < 1.29 is 14.4 Å². The first-order valence-corrected chi connectivity index (χ1v) is 7.70. The summed E-state index contributed by atoms with van der Waals surface area (Å²) in [5, 5.41) is 2.77. The Labute approximate surface area is 139 Å². The monoisotopic (exact) mass is 323 g/mol. The van der Waals surface area contributed by atoms with Crippen LogP contribution in [0.3, 0.4) is 0 Å². The van der Waals surface area contributed by atoms with Crippen LogP contribution in [0, 0.1) is 6.92 Å². The predicted molar refractivity (Wildman–Crippen MR) is 88.2 cm³/mol. The Hall–Kier alpha value is -3.02. The van der Waals surface area contributed by atoms with Gasteiger partial charge >= 0.3 is 0 Å². The number of hydrogen-bond donors (Lipinski definition) is 1. The van der Waals surface area contributed by atoms with Crippen molar-refractivity contribution in [1.29, 1.82) is 0 Å². The van der Waals surface area contributed by atoms with Gasteiger partial charge in [0.2, 0.25) is 11.8 Å². The lowest BCUT2D eigenvalue weighted by atomic mass is 10.2. The lowest BCUT2D eigenvalue weighted by Crippen LogP contribution is -2.28. The van der Waals surface area contributed by atoms with E-state index in [4.69, 9.17) is 0 Å². The number of pyridine rings is 1. The van der Waals surface area contributed by atoms with E-state index in [9.17, 15) is 14.4 Å². The fourth-order valence-corrected chi connectivity index (χ4v) is 2.54. The number of anilines is 1. The van der Waals surface area contributed by atoms with E-state index in [1.54, 1.807) is 36.4 Å². The van der Waals surface area contributed by atoms with Crippen LogP contribution in [-0.2, 0) is 16.1 Å². The SMILES string of the molecule is Cc1cccc(C(=O)Nc2ccc(CN3C(=O)CCC3=O)cc2)n1. The molecule has 2 heterocycles. The van der Waals surface area contributed by atoms with E-state index < -0.39 is 0 Å². The smallest absolute Gasteiger partial charge is 0.274 e. The van der Waals surface area contributed by atoms with Gasteiger partial charge in [-0.3, -0.25) is 19.3 Å². The second kappa shape index (κ2) is 6.62. The maximum Gasteiger partial charge on any atom is 0.274 e. The summed E-state index contributed by atoms with van der Waals surface area (Å²) in [6, 6.07) is 12.3. The Balaban J connectivity index is 1.65. The third-order valence-electron chi connectivity index (χ3n) is 3.83. The van der Waals surface area contributed by atoms with Crippen LogP contribution in [0.25, 0.3) is 0 Å². The highest BCUT2D eigenvalue weighted by Gasteiger charge is 2.28. The quantitative estimate of drug-likeness (QED) is 0.876. The summed E-state index contributed by atoms with van der Waals surface area (Å²) in [6.07, 6.45) is 0.576. The van der Waals surface area contributed by atoms with Crippen LogP contribution in [0.15, 0.2) is 42.5 Å². The maximum atomic E-state index is 12.1. The molecule has 0 bridgehead atoms. The Morgan fingerprint density at radius 2 is 1.75 bits per heavy atom. The molecule has 0 aliphatic carbocycles. The van der Waals surface area contributed by atoms with Gasteiger partial charge in [0.05, 0.1) is 6.54 Å². The van der Waals surface area contributed by atoms with Crippen LogP contribution >= 0.6 is 0 Å². The third-order valence-corrected chi connectivity index (χ3v) is 3.83. The zero-order chi connectivity index (χ0) is 17.1. The molecule has 0 spiro atoms. The summed E-state index contributed by atoms with van der Waals surface area (Å²) < 4.78 is 0. The van der Waals surface area contributed by atoms with E-state index >= 15 is 0 Å². The Morgan fingerprint density at radius 3 is 2.38 bits per heavy atom. The van der Waals surface area contributed by atoms with E-state index in [0.29, 0.717) is 11.4 Å². The number of carbonyl (C=O) groups excluding carboxylic acids is 3. The van der Waals surface area contributed by atoms with Crippen LogP contribution in [0.5, 0.6) is 0 Å². The number of benzene rings is 1. The van der Waals surface area contributed by atoms with Gasteiger partial charge in [-0.1, -0.05) is 18.2 Å². The fourth-order valence-electron chi connectivity index (χ4n) is 2.54. The number of rotatable bonds is 4. The van der Waals surface area contributed by atoms with Crippen molar-refractivity contribution in [3.63, 3.8) is 0 Å². The van der Waals surface area contributed by atoms with E-state index in [-0.39, 0.29) is 37.1 Å². The molecule has 1 aromatic carbocycles. The van der Waals surface area contributed by atoms with Gasteiger partial charge in [0.25, 0.3) is 5.91 Å². The second-order valence-electron chi connectivity index (χ2n) is 5.69. The van der Waals surface area contributed by atoms with Gasteiger partial charge in [-0.2, -0.15) is 0 Å². The Kier molecular flexibility index (Phi) is 4.37. The molecular weight excluding hydrogens is 306 g/mol. The molecule has 6 nitrogen and oxygen atoms in total. The standard InChI is InChI=1S/C18H17N3O3/c1-12-3-2-4-15(19-12)18(24)20-14-7-5-13(6-8-14)11-21-16(22)9-10-17(21)23/h2-8H,9-11H2,1H3,(H,20,24). The van der Waals surface area contributed by atoms with Gasteiger partial charge in [0.1, 0.15) is 5.69 Å². The average molecular weight is 323 g/mol. The van der Waals surface area contributed by atoms with E-state index in [0.717, 1.165) is 11.3 Å².